The summed E-state index contributed by atoms with van der Waals surface area (Å²) in [6, 6.07) is 7.29. The van der Waals surface area contributed by atoms with E-state index >= 15 is 0 Å². The average Bonchev–Trinajstić information content (AvgIpc) is 3.02. The summed E-state index contributed by atoms with van der Waals surface area (Å²) in [6.07, 6.45) is 2.07. The standard InChI is InChI=1S/C15H21N3O2/c19-13-5-3-12(4-6-13)17-8-10-18(11-9-17)15(20)14-2-1-7-16-14/h3-6,14,16,19H,1-2,7-11H2/t14-/m1/s1. The van der Waals surface area contributed by atoms with Gasteiger partial charge in [-0.1, -0.05) is 0 Å². The van der Waals surface area contributed by atoms with Crippen LogP contribution in [0.15, 0.2) is 24.3 Å². The maximum absolute atomic E-state index is 12.3. The van der Waals surface area contributed by atoms with E-state index in [2.05, 4.69) is 10.2 Å². The van der Waals surface area contributed by atoms with E-state index in [-0.39, 0.29) is 17.7 Å². The van der Waals surface area contributed by atoms with Crippen molar-refractivity contribution in [2.75, 3.05) is 37.6 Å². The molecule has 0 aromatic heterocycles. The van der Waals surface area contributed by atoms with Crippen molar-refractivity contribution in [1.29, 1.82) is 0 Å². The van der Waals surface area contributed by atoms with Gasteiger partial charge in [-0.25, -0.2) is 0 Å². The monoisotopic (exact) mass is 275 g/mol. The number of amides is 1. The number of hydrogen-bond donors (Lipinski definition) is 2. The number of phenols is 1. The van der Waals surface area contributed by atoms with Crippen LogP contribution < -0.4 is 10.2 Å². The lowest BCUT2D eigenvalue weighted by Crippen LogP contribution is -2.53. The Kier molecular flexibility index (Phi) is 3.78. The Labute approximate surface area is 119 Å². The Morgan fingerprint density at radius 3 is 2.45 bits per heavy atom. The normalized spacial score (nSPS) is 23.1. The fourth-order valence-corrected chi connectivity index (χ4v) is 2.96. The van der Waals surface area contributed by atoms with Crippen LogP contribution in [0.1, 0.15) is 12.8 Å². The Balaban J connectivity index is 1.56. The number of aromatic hydroxyl groups is 1. The molecule has 2 saturated heterocycles. The smallest absolute Gasteiger partial charge is 0.239 e. The van der Waals surface area contributed by atoms with Gasteiger partial charge in [0.1, 0.15) is 5.75 Å². The number of carbonyl (C=O) groups is 1. The molecule has 2 N–H and O–H groups in total. The van der Waals surface area contributed by atoms with Crippen molar-refractivity contribution in [2.45, 2.75) is 18.9 Å². The van der Waals surface area contributed by atoms with E-state index in [0.29, 0.717) is 0 Å². The van der Waals surface area contributed by atoms with Crippen molar-refractivity contribution < 1.29 is 9.90 Å². The van der Waals surface area contributed by atoms with Gasteiger partial charge in [-0.2, -0.15) is 0 Å². The molecule has 2 heterocycles. The van der Waals surface area contributed by atoms with Crippen molar-refractivity contribution in [1.82, 2.24) is 10.2 Å². The molecule has 0 radical (unpaired) electrons. The molecule has 20 heavy (non-hydrogen) atoms. The highest BCUT2D eigenvalue weighted by molar-refractivity contribution is 5.82. The van der Waals surface area contributed by atoms with E-state index < -0.39 is 0 Å². The first-order valence-corrected chi connectivity index (χ1v) is 7.30. The topological polar surface area (TPSA) is 55.8 Å². The SMILES string of the molecule is O=C([C@H]1CCCN1)N1CCN(c2ccc(O)cc2)CC1. The number of anilines is 1. The predicted molar refractivity (Wildman–Crippen MR) is 77.9 cm³/mol. The Bertz CT molecular complexity index is 461. The molecule has 5 heteroatoms. The minimum Gasteiger partial charge on any atom is -0.508 e. The van der Waals surface area contributed by atoms with Gasteiger partial charge >= 0.3 is 0 Å². The van der Waals surface area contributed by atoms with Crippen molar-refractivity contribution in [3.63, 3.8) is 0 Å². The molecule has 1 aromatic rings. The van der Waals surface area contributed by atoms with Crippen LogP contribution in [0.25, 0.3) is 0 Å². The summed E-state index contributed by atoms with van der Waals surface area (Å²) >= 11 is 0. The van der Waals surface area contributed by atoms with Gasteiger partial charge in [0.25, 0.3) is 0 Å². The lowest BCUT2D eigenvalue weighted by molar-refractivity contribution is -0.133. The first kappa shape index (κ1) is 13.2. The number of rotatable bonds is 2. The van der Waals surface area contributed by atoms with E-state index in [9.17, 15) is 9.90 Å². The van der Waals surface area contributed by atoms with Gasteiger partial charge in [-0.15, -0.1) is 0 Å². The van der Waals surface area contributed by atoms with Crippen LogP contribution in [-0.2, 0) is 4.79 Å². The third-order valence-electron chi connectivity index (χ3n) is 4.16. The fraction of sp³-hybridized carbons (Fsp3) is 0.533. The van der Waals surface area contributed by atoms with E-state index in [4.69, 9.17) is 0 Å². The molecule has 3 rings (SSSR count). The van der Waals surface area contributed by atoms with Crippen LogP contribution in [0.4, 0.5) is 5.69 Å². The summed E-state index contributed by atoms with van der Waals surface area (Å²) in [6.45, 7) is 4.21. The Morgan fingerprint density at radius 2 is 1.85 bits per heavy atom. The lowest BCUT2D eigenvalue weighted by Gasteiger charge is -2.37. The van der Waals surface area contributed by atoms with Gasteiger partial charge < -0.3 is 20.2 Å². The summed E-state index contributed by atoms with van der Waals surface area (Å²) < 4.78 is 0. The van der Waals surface area contributed by atoms with Gasteiger partial charge in [0.15, 0.2) is 0 Å². The zero-order valence-electron chi connectivity index (χ0n) is 11.6. The second-order valence-electron chi connectivity index (χ2n) is 5.48. The number of phenolic OH excluding ortho intramolecular Hbond substituents is 1. The highest BCUT2D eigenvalue weighted by Gasteiger charge is 2.29. The van der Waals surface area contributed by atoms with Crippen molar-refractivity contribution in [2.24, 2.45) is 0 Å². The molecule has 0 saturated carbocycles. The highest BCUT2D eigenvalue weighted by Crippen LogP contribution is 2.20. The summed E-state index contributed by atoms with van der Waals surface area (Å²) in [7, 11) is 0. The molecule has 2 aliphatic rings. The quantitative estimate of drug-likeness (QED) is 0.838. The molecule has 1 amide bonds. The van der Waals surface area contributed by atoms with E-state index in [1.54, 1.807) is 12.1 Å². The molecule has 2 aliphatic heterocycles. The van der Waals surface area contributed by atoms with Gasteiger partial charge in [-0.3, -0.25) is 4.79 Å². The third kappa shape index (κ3) is 2.72. The molecular formula is C15H21N3O2. The fourth-order valence-electron chi connectivity index (χ4n) is 2.96. The Morgan fingerprint density at radius 1 is 1.15 bits per heavy atom. The van der Waals surface area contributed by atoms with E-state index in [1.165, 1.54) is 0 Å². The van der Waals surface area contributed by atoms with Gasteiger partial charge in [0.2, 0.25) is 5.91 Å². The first-order valence-electron chi connectivity index (χ1n) is 7.30. The van der Waals surface area contributed by atoms with Crippen LogP contribution in [-0.4, -0.2) is 54.7 Å². The molecule has 1 atom stereocenters. The van der Waals surface area contributed by atoms with Gasteiger partial charge in [-0.05, 0) is 43.7 Å². The van der Waals surface area contributed by atoms with Crippen LogP contribution >= 0.6 is 0 Å². The van der Waals surface area contributed by atoms with Crippen LogP contribution in [0.5, 0.6) is 5.75 Å². The lowest BCUT2D eigenvalue weighted by atomic mass is 10.1. The minimum atomic E-state index is 0.0372. The van der Waals surface area contributed by atoms with Crippen LogP contribution in [0.3, 0.4) is 0 Å². The maximum Gasteiger partial charge on any atom is 0.239 e. The van der Waals surface area contributed by atoms with Gasteiger partial charge in [0, 0.05) is 31.9 Å². The number of piperazine rings is 1. The summed E-state index contributed by atoms with van der Waals surface area (Å²) in [5.41, 5.74) is 1.11. The number of nitrogens with one attached hydrogen (secondary N) is 1. The van der Waals surface area contributed by atoms with Gasteiger partial charge in [0.05, 0.1) is 6.04 Å². The third-order valence-corrected chi connectivity index (χ3v) is 4.16. The van der Waals surface area contributed by atoms with Crippen molar-refractivity contribution >= 4 is 11.6 Å². The molecule has 0 aliphatic carbocycles. The largest absolute Gasteiger partial charge is 0.508 e. The molecule has 0 spiro atoms. The zero-order valence-corrected chi connectivity index (χ0v) is 11.6. The second-order valence-corrected chi connectivity index (χ2v) is 5.48. The van der Waals surface area contributed by atoms with E-state index in [1.807, 2.05) is 17.0 Å². The molecule has 0 bridgehead atoms. The minimum absolute atomic E-state index is 0.0372. The molecule has 2 fully saturated rings. The predicted octanol–water partition coefficient (Wildman–Crippen LogP) is 0.793. The number of hydrogen-bond acceptors (Lipinski definition) is 4. The number of nitrogens with zero attached hydrogens (tertiary/aromatic N) is 2. The molecule has 5 nitrogen and oxygen atoms in total. The first-order chi connectivity index (χ1) is 9.74. The molecule has 108 valence electrons. The summed E-state index contributed by atoms with van der Waals surface area (Å²) in [4.78, 5) is 16.5. The second kappa shape index (κ2) is 5.71. The van der Waals surface area contributed by atoms with Crippen molar-refractivity contribution in [3.05, 3.63) is 24.3 Å². The van der Waals surface area contributed by atoms with Crippen molar-refractivity contribution in [3.8, 4) is 5.75 Å². The van der Waals surface area contributed by atoms with Crippen LogP contribution in [0, 0.1) is 0 Å². The highest BCUT2D eigenvalue weighted by atomic mass is 16.3. The molecule has 0 unspecified atom stereocenters. The zero-order chi connectivity index (χ0) is 13.9. The molecular weight excluding hydrogens is 254 g/mol. The maximum atomic E-state index is 12.3. The molecule has 1 aromatic carbocycles. The Hall–Kier alpha value is -1.75. The number of benzene rings is 1. The number of carbonyl (C=O) groups excluding carboxylic acids is 1. The van der Waals surface area contributed by atoms with Crippen LogP contribution in [0.2, 0.25) is 0 Å². The summed E-state index contributed by atoms with van der Waals surface area (Å²) in [5.74, 6) is 0.544. The van der Waals surface area contributed by atoms with E-state index in [0.717, 1.165) is 51.3 Å². The summed E-state index contributed by atoms with van der Waals surface area (Å²) in [5, 5.41) is 12.6. The average molecular weight is 275 g/mol.